The summed E-state index contributed by atoms with van der Waals surface area (Å²) in [4.78, 5) is 29.4. The quantitative estimate of drug-likeness (QED) is 0.537. The van der Waals surface area contributed by atoms with Gasteiger partial charge in [-0.05, 0) is 43.9 Å². The van der Waals surface area contributed by atoms with Crippen LogP contribution < -0.4 is 5.32 Å². The molecule has 1 saturated carbocycles. The lowest BCUT2D eigenvalue weighted by Gasteiger charge is -2.32. The molecule has 0 unspecified atom stereocenters. The van der Waals surface area contributed by atoms with Crippen LogP contribution in [0.2, 0.25) is 0 Å². The van der Waals surface area contributed by atoms with E-state index in [0.29, 0.717) is 18.7 Å². The standard InChI is InChI=1S/C26H34N2O2S/c1-3-24(26(30)27-22-13-6-4-7-14-22)28(18-21-12-10-11-20(2)17-21)25(29)19-31-23-15-8-5-9-16-23/h5,8-12,15-17,22,24H,3-4,6-7,13-14,18-19H2,1-2H3,(H,27,30)/t24-/m1/s1. The second-order valence-electron chi connectivity index (χ2n) is 8.38. The van der Waals surface area contributed by atoms with Crippen molar-refractivity contribution in [3.63, 3.8) is 0 Å². The van der Waals surface area contributed by atoms with Gasteiger partial charge in [0.2, 0.25) is 11.8 Å². The molecule has 166 valence electrons. The van der Waals surface area contributed by atoms with Crippen LogP contribution in [0.1, 0.15) is 56.6 Å². The van der Waals surface area contributed by atoms with Gasteiger partial charge in [0, 0.05) is 17.5 Å². The number of benzene rings is 2. The number of carbonyl (C=O) groups is 2. The summed E-state index contributed by atoms with van der Waals surface area (Å²) in [6.07, 6.45) is 6.27. The Morgan fingerprint density at radius 2 is 1.81 bits per heavy atom. The fourth-order valence-corrected chi connectivity index (χ4v) is 5.02. The van der Waals surface area contributed by atoms with Crippen LogP contribution in [0.4, 0.5) is 0 Å². The molecule has 1 aliphatic rings. The SMILES string of the molecule is CC[C@H](C(=O)NC1CCCCC1)N(Cc1cccc(C)c1)C(=O)CSc1ccccc1. The number of hydrogen-bond acceptors (Lipinski definition) is 3. The van der Waals surface area contributed by atoms with Crippen molar-refractivity contribution in [3.8, 4) is 0 Å². The summed E-state index contributed by atoms with van der Waals surface area (Å²) in [6, 6.07) is 17.9. The predicted octanol–water partition coefficient (Wildman–Crippen LogP) is 5.34. The average molecular weight is 439 g/mol. The number of carbonyl (C=O) groups excluding carboxylic acids is 2. The number of nitrogens with zero attached hydrogens (tertiary/aromatic N) is 1. The van der Waals surface area contributed by atoms with E-state index < -0.39 is 6.04 Å². The molecule has 0 bridgehead atoms. The van der Waals surface area contributed by atoms with Crippen molar-refractivity contribution in [2.24, 2.45) is 0 Å². The highest BCUT2D eigenvalue weighted by molar-refractivity contribution is 8.00. The van der Waals surface area contributed by atoms with Gasteiger partial charge in [-0.1, -0.05) is 74.2 Å². The summed E-state index contributed by atoms with van der Waals surface area (Å²) < 4.78 is 0. The average Bonchev–Trinajstić information content (AvgIpc) is 2.79. The van der Waals surface area contributed by atoms with E-state index in [2.05, 4.69) is 11.4 Å². The Morgan fingerprint density at radius 3 is 2.48 bits per heavy atom. The second-order valence-corrected chi connectivity index (χ2v) is 9.43. The highest BCUT2D eigenvalue weighted by Crippen LogP contribution is 2.22. The maximum atomic E-state index is 13.3. The van der Waals surface area contributed by atoms with Crippen LogP contribution in [0, 0.1) is 6.92 Å². The molecule has 0 aliphatic heterocycles. The van der Waals surface area contributed by atoms with E-state index in [4.69, 9.17) is 0 Å². The second kappa shape index (κ2) is 11.9. The van der Waals surface area contributed by atoms with Crippen molar-refractivity contribution in [3.05, 3.63) is 65.7 Å². The lowest BCUT2D eigenvalue weighted by molar-refractivity contribution is -0.139. The molecule has 4 nitrogen and oxygen atoms in total. The lowest BCUT2D eigenvalue weighted by atomic mass is 9.95. The molecule has 5 heteroatoms. The van der Waals surface area contributed by atoms with Crippen molar-refractivity contribution >= 4 is 23.6 Å². The molecule has 0 heterocycles. The molecule has 1 fully saturated rings. The predicted molar refractivity (Wildman–Crippen MR) is 128 cm³/mol. The van der Waals surface area contributed by atoms with E-state index in [0.717, 1.165) is 28.9 Å². The molecule has 0 spiro atoms. The van der Waals surface area contributed by atoms with Gasteiger partial charge in [-0.15, -0.1) is 11.8 Å². The minimum atomic E-state index is -0.452. The Morgan fingerprint density at radius 1 is 1.06 bits per heavy atom. The number of amides is 2. The first kappa shape index (κ1) is 23.4. The van der Waals surface area contributed by atoms with Gasteiger partial charge in [0.1, 0.15) is 6.04 Å². The van der Waals surface area contributed by atoms with E-state index in [9.17, 15) is 9.59 Å². The molecule has 31 heavy (non-hydrogen) atoms. The maximum Gasteiger partial charge on any atom is 0.243 e. The zero-order valence-corrected chi connectivity index (χ0v) is 19.5. The van der Waals surface area contributed by atoms with E-state index in [1.807, 2.05) is 62.4 Å². The zero-order chi connectivity index (χ0) is 22.1. The van der Waals surface area contributed by atoms with Crippen LogP contribution in [0.3, 0.4) is 0 Å². The van der Waals surface area contributed by atoms with Crippen LogP contribution in [0.15, 0.2) is 59.5 Å². The number of aryl methyl sites for hydroxylation is 1. The third-order valence-electron chi connectivity index (χ3n) is 5.88. The molecule has 0 radical (unpaired) electrons. The molecule has 2 aromatic rings. The van der Waals surface area contributed by atoms with Crippen LogP contribution in [0.5, 0.6) is 0 Å². The third kappa shape index (κ3) is 7.13. The fourth-order valence-electron chi connectivity index (χ4n) is 4.22. The Balaban J connectivity index is 1.74. The minimum Gasteiger partial charge on any atom is -0.352 e. The van der Waals surface area contributed by atoms with E-state index in [1.54, 1.807) is 4.90 Å². The normalized spacial score (nSPS) is 15.3. The third-order valence-corrected chi connectivity index (χ3v) is 6.88. The largest absolute Gasteiger partial charge is 0.352 e. The van der Waals surface area contributed by atoms with Gasteiger partial charge in [0.05, 0.1) is 5.75 Å². The number of nitrogens with one attached hydrogen (secondary N) is 1. The van der Waals surface area contributed by atoms with Crippen molar-refractivity contribution in [2.75, 3.05) is 5.75 Å². The monoisotopic (exact) mass is 438 g/mol. The van der Waals surface area contributed by atoms with Crippen LogP contribution >= 0.6 is 11.8 Å². The van der Waals surface area contributed by atoms with Gasteiger partial charge < -0.3 is 10.2 Å². The summed E-state index contributed by atoms with van der Waals surface area (Å²) in [5.41, 5.74) is 2.21. The maximum absolute atomic E-state index is 13.3. The highest BCUT2D eigenvalue weighted by atomic mass is 32.2. The zero-order valence-electron chi connectivity index (χ0n) is 18.7. The Hall–Kier alpha value is -2.27. The minimum absolute atomic E-state index is 0.000929. The Bertz CT molecular complexity index is 849. The molecule has 2 amide bonds. The van der Waals surface area contributed by atoms with Crippen molar-refractivity contribution in [2.45, 2.75) is 75.9 Å². The van der Waals surface area contributed by atoms with Gasteiger partial charge >= 0.3 is 0 Å². The van der Waals surface area contributed by atoms with Crippen molar-refractivity contribution in [1.82, 2.24) is 10.2 Å². The molecule has 1 aliphatic carbocycles. The van der Waals surface area contributed by atoms with E-state index in [1.165, 1.54) is 31.0 Å². The summed E-state index contributed by atoms with van der Waals surface area (Å²) in [5.74, 6) is 0.310. The summed E-state index contributed by atoms with van der Waals surface area (Å²) in [6.45, 7) is 4.49. The van der Waals surface area contributed by atoms with Crippen LogP contribution in [-0.4, -0.2) is 34.6 Å². The number of hydrogen-bond donors (Lipinski definition) is 1. The van der Waals surface area contributed by atoms with Gasteiger partial charge in [0.15, 0.2) is 0 Å². The topological polar surface area (TPSA) is 49.4 Å². The van der Waals surface area contributed by atoms with Crippen LogP contribution in [0.25, 0.3) is 0 Å². The summed E-state index contributed by atoms with van der Waals surface area (Å²) in [7, 11) is 0. The molecule has 3 rings (SSSR count). The lowest BCUT2D eigenvalue weighted by Crippen LogP contribution is -2.52. The van der Waals surface area contributed by atoms with Crippen molar-refractivity contribution in [1.29, 1.82) is 0 Å². The van der Waals surface area contributed by atoms with E-state index >= 15 is 0 Å². The Labute approximate surface area is 190 Å². The van der Waals surface area contributed by atoms with Gasteiger partial charge in [-0.3, -0.25) is 9.59 Å². The van der Waals surface area contributed by atoms with Gasteiger partial charge in [-0.25, -0.2) is 0 Å². The molecular weight excluding hydrogens is 404 g/mol. The first-order chi connectivity index (χ1) is 15.1. The molecular formula is C26H34N2O2S. The smallest absolute Gasteiger partial charge is 0.243 e. The van der Waals surface area contributed by atoms with Crippen molar-refractivity contribution < 1.29 is 9.59 Å². The van der Waals surface area contributed by atoms with Crippen LogP contribution in [-0.2, 0) is 16.1 Å². The number of thioether (sulfide) groups is 1. The van der Waals surface area contributed by atoms with Gasteiger partial charge in [-0.2, -0.15) is 0 Å². The molecule has 2 aromatic carbocycles. The Kier molecular flexibility index (Phi) is 9.01. The molecule has 1 N–H and O–H groups in total. The first-order valence-electron chi connectivity index (χ1n) is 11.4. The molecule has 1 atom stereocenters. The molecule has 0 aromatic heterocycles. The summed E-state index contributed by atoms with van der Waals surface area (Å²) in [5, 5.41) is 3.24. The highest BCUT2D eigenvalue weighted by Gasteiger charge is 2.30. The number of rotatable bonds is 9. The first-order valence-corrected chi connectivity index (χ1v) is 12.4. The fraction of sp³-hybridized carbons (Fsp3) is 0.462. The van der Waals surface area contributed by atoms with Gasteiger partial charge in [0.25, 0.3) is 0 Å². The molecule has 0 saturated heterocycles. The van der Waals surface area contributed by atoms with E-state index in [-0.39, 0.29) is 17.9 Å². The summed E-state index contributed by atoms with van der Waals surface area (Å²) >= 11 is 1.52.